The minimum absolute atomic E-state index is 0. The molecule has 1 aromatic heterocycles. The first kappa shape index (κ1) is 27.3. The quantitative estimate of drug-likeness (QED) is 0.234. The number of rotatable bonds is 5. The number of nitrogens with one attached hydrogen (secondary N) is 1. The van der Waals surface area contributed by atoms with Gasteiger partial charge in [0.25, 0.3) is 0 Å². The molecule has 6 nitrogen and oxygen atoms in total. The maximum Gasteiger partial charge on any atom is 0.433 e. The Morgan fingerprint density at radius 1 is 1.09 bits per heavy atom. The van der Waals surface area contributed by atoms with Gasteiger partial charge in [0.1, 0.15) is 10.4 Å². The van der Waals surface area contributed by atoms with E-state index in [9.17, 15) is 26.4 Å². The van der Waals surface area contributed by atoms with Gasteiger partial charge in [-0.1, -0.05) is 48.9 Å². The smallest absolute Gasteiger partial charge is 0.289 e. The second kappa shape index (κ2) is 10.4. The molecule has 1 aliphatic rings. The molecule has 35 heavy (non-hydrogen) atoms. The SMILES string of the molecule is I.O=C(CC1(c2ccc(Cc3cc(C(F)(F)F)nc4ccccc34)cc2)CCCCS1(=O)=O)NO. The minimum Gasteiger partial charge on any atom is -0.289 e. The highest BCUT2D eigenvalue weighted by Gasteiger charge is 2.48. The summed E-state index contributed by atoms with van der Waals surface area (Å²) >= 11 is 0. The Labute approximate surface area is 217 Å². The van der Waals surface area contributed by atoms with E-state index in [1.54, 1.807) is 42.5 Å². The Hall–Kier alpha value is -2.25. The molecule has 1 atom stereocenters. The molecule has 0 aliphatic carbocycles. The van der Waals surface area contributed by atoms with Crippen molar-refractivity contribution in [3.63, 3.8) is 0 Å². The average molecular weight is 620 g/mol. The molecule has 0 radical (unpaired) electrons. The number of halogens is 4. The number of amides is 1. The Kier molecular flexibility index (Phi) is 8.12. The first-order valence-corrected chi connectivity index (χ1v) is 12.4. The van der Waals surface area contributed by atoms with Crippen molar-refractivity contribution in [3.05, 3.63) is 77.0 Å². The zero-order valence-electron chi connectivity index (χ0n) is 18.5. The lowest BCUT2D eigenvalue weighted by Gasteiger charge is -2.36. The molecule has 1 saturated heterocycles. The average Bonchev–Trinajstić information content (AvgIpc) is 2.80. The van der Waals surface area contributed by atoms with Crippen molar-refractivity contribution in [2.24, 2.45) is 0 Å². The van der Waals surface area contributed by atoms with Gasteiger partial charge in [-0.25, -0.2) is 18.9 Å². The van der Waals surface area contributed by atoms with Gasteiger partial charge in [-0.05, 0) is 48.1 Å². The lowest BCUT2D eigenvalue weighted by molar-refractivity contribution is -0.141. The Balaban J connectivity index is 0.00000342. The molecule has 0 bridgehead atoms. The molecule has 4 rings (SSSR count). The van der Waals surface area contributed by atoms with E-state index in [4.69, 9.17) is 5.21 Å². The van der Waals surface area contributed by atoms with Crippen LogP contribution in [0.3, 0.4) is 0 Å². The molecule has 3 aromatic rings. The number of nitrogens with zero attached hydrogens (tertiary/aromatic N) is 1. The Morgan fingerprint density at radius 2 is 1.77 bits per heavy atom. The summed E-state index contributed by atoms with van der Waals surface area (Å²) in [7, 11) is -3.67. The molecule has 2 N–H and O–H groups in total. The van der Waals surface area contributed by atoms with E-state index in [0.717, 1.165) is 6.07 Å². The first-order chi connectivity index (χ1) is 16.1. The van der Waals surface area contributed by atoms with Crippen LogP contribution in [-0.4, -0.2) is 30.3 Å². The van der Waals surface area contributed by atoms with Crippen LogP contribution in [0.1, 0.15) is 48.1 Å². The van der Waals surface area contributed by atoms with Gasteiger partial charge in [-0.15, -0.1) is 24.0 Å². The van der Waals surface area contributed by atoms with E-state index in [1.165, 1.54) is 11.5 Å². The van der Waals surface area contributed by atoms with E-state index in [1.807, 2.05) is 0 Å². The van der Waals surface area contributed by atoms with E-state index in [2.05, 4.69) is 4.98 Å². The van der Waals surface area contributed by atoms with Crippen molar-refractivity contribution in [2.75, 3.05) is 5.75 Å². The maximum atomic E-state index is 13.4. The summed E-state index contributed by atoms with van der Waals surface area (Å²) in [6.07, 6.45) is -3.45. The highest BCUT2D eigenvalue weighted by molar-refractivity contribution is 14.0. The number of benzene rings is 2. The summed E-state index contributed by atoms with van der Waals surface area (Å²) in [6, 6.07) is 14.2. The first-order valence-electron chi connectivity index (χ1n) is 10.8. The predicted octanol–water partition coefficient (Wildman–Crippen LogP) is 5.15. The van der Waals surface area contributed by atoms with Crippen LogP contribution in [0.5, 0.6) is 0 Å². The van der Waals surface area contributed by atoms with Crippen molar-refractivity contribution in [2.45, 2.75) is 43.0 Å². The molecule has 2 heterocycles. The zero-order chi connectivity index (χ0) is 24.6. The second-order valence-electron chi connectivity index (χ2n) is 8.54. The molecule has 0 saturated carbocycles. The van der Waals surface area contributed by atoms with Gasteiger partial charge >= 0.3 is 6.18 Å². The van der Waals surface area contributed by atoms with E-state index >= 15 is 0 Å². The fourth-order valence-electron chi connectivity index (χ4n) is 4.66. The van der Waals surface area contributed by atoms with Crippen LogP contribution in [0.25, 0.3) is 10.9 Å². The van der Waals surface area contributed by atoms with Gasteiger partial charge in [-0.3, -0.25) is 10.0 Å². The number of sulfone groups is 1. The zero-order valence-corrected chi connectivity index (χ0v) is 21.7. The number of pyridine rings is 1. The van der Waals surface area contributed by atoms with Gasteiger partial charge in [0.2, 0.25) is 5.91 Å². The molecule has 2 aromatic carbocycles. The van der Waals surface area contributed by atoms with E-state index < -0.39 is 38.8 Å². The van der Waals surface area contributed by atoms with Gasteiger partial charge < -0.3 is 0 Å². The highest BCUT2D eigenvalue weighted by atomic mass is 127. The lowest BCUT2D eigenvalue weighted by atomic mass is 9.87. The largest absolute Gasteiger partial charge is 0.433 e. The minimum atomic E-state index is -4.59. The number of para-hydroxylation sites is 1. The second-order valence-corrected chi connectivity index (χ2v) is 11.0. The predicted molar refractivity (Wildman–Crippen MR) is 135 cm³/mol. The number of alkyl halides is 3. The number of carbonyl (C=O) groups excluding carboxylic acids is 1. The Morgan fingerprint density at radius 3 is 2.40 bits per heavy atom. The third kappa shape index (κ3) is 5.46. The van der Waals surface area contributed by atoms with Crippen LogP contribution in [0.4, 0.5) is 13.2 Å². The monoisotopic (exact) mass is 620 g/mol. The number of hydroxylamine groups is 1. The molecule has 1 fully saturated rings. The number of fused-ring (bicyclic) bond motifs is 1. The summed E-state index contributed by atoms with van der Waals surface area (Å²) in [5, 5.41) is 9.59. The van der Waals surface area contributed by atoms with Gasteiger partial charge in [-0.2, -0.15) is 13.2 Å². The number of carbonyl (C=O) groups is 1. The third-order valence-electron chi connectivity index (χ3n) is 6.38. The standard InChI is InChI=1S/C24H23F3N2O4S.HI/c25-24(26,27)21-14-17(19-5-1-2-6-20(19)28-21)13-16-7-9-18(10-8-16)23(15-22(30)29-31)11-3-4-12-34(23,32)33;/h1-2,5-10,14,31H,3-4,11-13,15H2,(H,29,30);1H. The van der Waals surface area contributed by atoms with Crippen molar-refractivity contribution < 1.29 is 31.6 Å². The maximum absolute atomic E-state index is 13.4. The molecule has 1 amide bonds. The van der Waals surface area contributed by atoms with Gasteiger partial charge in [0.15, 0.2) is 9.84 Å². The van der Waals surface area contributed by atoms with Crippen LogP contribution in [0.15, 0.2) is 54.6 Å². The van der Waals surface area contributed by atoms with Crippen molar-refractivity contribution >= 4 is 50.6 Å². The van der Waals surface area contributed by atoms with Gasteiger partial charge in [0.05, 0.1) is 17.7 Å². The molecular weight excluding hydrogens is 596 g/mol. The van der Waals surface area contributed by atoms with Crippen LogP contribution in [-0.2, 0) is 32.0 Å². The van der Waals surface area contributed by atoms with E-state index in [0.29, 0.717) is 34.9 Å². The summed E-state index contributed by atoms with van der Waals surface area (Å²) < 4.78 is 64.7. The number of hydrogen-bond acceptors (Lipinski definition) is 5. The third-order valence-corrected chi connectivity index (χ3v) is 8.98. The molecule has 11 heteroatoms. The summed E-state index contributed by atoms with van der Waals surface area (Å²) in [5.74, 6) is -0.853. The molecule has 1 aliphatic heterocycles. The summed E-state index contributed by atoms with van der Waals surface area (Å²) in [6.45, 7) is 0. The Bertz CT molecular complexity index is 1330. The summed E-state index contributed by atoms with van der Waals surface area (Å²) in [5.41, 5.74) is 2.35. The lowest BCUT2D eigenvalue weighted by Crippen LogP contribution is -2.44. The molecule has 1 unspecified atom stereocenters. The van der Waals surface area contributed by atoms with Crippen LogP contribution >= 0.6 is 24.0 Å². The van der Waals surface area contributed by atoms with Crippen LogP contribution in [0, 0.1) is 0 Å². The normalized spacial score (nSPS) is 19.7. The van der Waals surface area contributed by atoms with Gasteiger partial charge in [0, 0.05) is 5.39 Å². The highest BCUT2D eigenvalue weighted by Crippen LogP contribution is 2.43. The molecule has 188 valence electrons. The topological polar surface area (TPSA) is 96.4 Å². The fourth-order valence-corrected chi connectivity index (χ4v) is 6.94. The van der Waals surface area contributed by atoms with E-state index in [-0.39, 0.29) is 48.1 Å². The molecular formula is C24H24F3IN2O4S. The number of aromatic nitrogens is 1. The number of hydrogen-bond donors (Lipinski definition) is 2. The molecule has 0 spiro atoms. The van der Waals surface area contributed by atoms with Crippen molar-refractivity contribution in [1.29, 1.82) is 0 Å². The van der Waals surface area contributed by atoms with Crippen molar-refractivity contribution in [1.82, 2.24) is 10.5 Å². The van der Waals surface area contributed by atoms with Crippen LogP contribution < -0.4 is 5.48 Å². The van der Waals surface area contributed by atoms with Crippen molar-refractivity contribution in [3.8, 4) is 0 Å². The van der Waals surface area contributed by atoms with Crippen LogP contribution in [0.2, 0.25) is 0 Å². The fraction of sp³-hybridized carbons (Fsp3) is 0.333. The summed E-state index contributed by atoms with van der Waals surface area (Å²) in [4.78, 5) is 15.7.